The topological polar surface area (TPSA) is 130 Å². The van der Waals surface area contributed by atoms with Crippen molar-refractivity contribution < 1.29 is 19.1 Å². The summed E-state index contributed by atoms with van der Waals surface area (Å²) in [4.78, 5) is 58.2. The highest BCUT2D eigenvalue weighted by atomic mass is 16.5. The normalized spacial score (nSPS) is 10.8. The van der Waals surface area contributed by atoms with Crippen molar-refractivity contribution >= 4 is 80.2 Å². The molecule has 0 fully saturated rings. The molecule has 0 bridgehead atoms. The summed E-state index contributed by atoms with van der Waals surface area (Å²) >= 11 is 0. The molecular weight excluding hydrogens is 1480 g/mol. The molecule has 17 aromatic rings. The van der Waals surface area contributed by atoms with Crippen molar-refractivity contribution in [3.8, 4) is 90.4 Å². The fraction of sp³-hybridized carbons (Fsp3) is 0.0374. The minimum atomic E-state index is -0.464. The lowest BCUT2D eigenvalue weighted by molar-refractivity contribution is -0.130. The Hall–Kier alpha value is -16.0. The van der Waals surface area contributed by atoms with Crippen molar-refractivity contribution in [2.45, 2.75) is 27.7 Å². The van der Waals surface area contributed by atoms with Crippen molar-refractivity contribution in [2.75, 3.05) is 19.6 Å². The Morgan fingerprint density at radius 3 is 0.900 bits per heavy atom. The van der Waals surface area contributed by atoms with Gasteiger partial charge in [-0.25, -0.2) is 24.5 Å². The molecule has 0 N–H and O–H groups in total. The number of pyridine rings is 2. The quantitative estimate of drug-likeness (QED) is 0.0342. The molecule has 0 radical (unpaired) electrons. The maximum Gasteiger partial charge on any atom is 0.338 e. The van der Waals surface area contributed by atoms with Crippen molar-refractivity contribution in [3.05, 3.63) is 442 Å². The van der Waals surface area contributed by atoms with E-state index in [1.165, 1.54) is 11.1 Å². The molecule has 0 spiro atoms. The molecule has 0 aliphatic carbocycles. The van der Waals surface area contributed by atoms with Gasteiger partial charge < -0.3 is 29.1 Å². The summed E-state index contributed by atoms with van der Waals surface area (Å²) in [5, 5.41) is 0. The number of hydrogen-bond donors (Lipinski definition) is 0. The lowest BCUT2D eigenvalue weighted by Crippen LogP contribution is -2.14. The largest absolute Gasteiger partial charge is 0.423 e. The lowest BCUT2D eigenvalue weighted by Gasteiger charge is -2.30. The van der Waals surface area contributed by atoms with Gasteiger partial charge in [-0.2, -0.15) is 0 Å². The van der Waals surface area contributed by atoms with E-state index in [0.717, 1.165) is 130 Å². The van der Waals surface area contributed by atoms with E-state index in [0.29, 0.717) is 40.1 Å². The predicted molar refractivity (Wildman–Crippen MR) is 489 cm³/mol. The smallest absolute Gasteiger partial charge is 0.338 e. The van der Waals surface area contributed by atoms with Gasteiger partial charge in [-0.1, -0.05) is 189 Å². The molecule has 3 heterocycles. The Balaban J connectivity index is 0.000000182. The van der Waals surface area contributed by atoms with Crippen LogP contribution in [0.3, 0.4) is 0 Å². The molecule has 120 heavy (non-hydrogen) atoms. The first kappa shape index (κ1) is 77.9. The van der Waals surface area contributed by atoms with E-state index < -0.39 is 11.9 Å². The number of anilines is 12. The second kappa shape index (κ2) is 36.2. The highest BCUT2D eigenvalue weighted by Gasteiger charge is 2.23. The standard InChI is InChI=1S/C60H50N4O2.C47H33N5O2/c1-44(2)60(65)66-59-28-16-27-58(43-59)64(49-23-12-7-13-24-49)55-39-33-52(34-40-55)61(50-29-35-53(36-30-50)62(47-19-8-5-9-20-47)56-25-14-17-45(3)41-56)51-31-37-54(38-32-51)63(48-21-10-6-11-22-48)57-26-15-18-46(4)42-57;1-31(2)47(53)54-41-22-20-33(21-23-41)39-28-38(32-12-4-3-5-13-32)29-40(30-39)46-51-44(36-16-10-14-34(26-36)42-18-6-8-24-48-42)50-45(52-46)37-17-11-15-35(27-37)43-19-7-9-25-49-43/h5-43H,1H2,2-4H3;3-30H,1H2,2H3. The molecule has 0 aliphatic rings. The summed E-state index contributed by atoms with van der Waals surface area (Å²) in [7, 11) is 0. The van der Waals surface area contributed by atoms with Gasteiger partial charge in [0.05, 0.1) is 11.4 Å². The Kier molecular flexibility index (Phi) is 23.5. The summed E-state index contributed by atoms with van der Waals surface area (Å²) in [5.41, 5.74) is 25.3. The predicted octanol–water partition coefficient (Wildman–Crippen LogP) is 27.5. The first-order valence-corrected chi connectivity index (χ1v) is 39.5. The van der Waals surface area contributed by atoms with Gasteiger partial charge in [-0.3, -0.25) is 9.97 Å². The van der Waals surface area contributed by atoms with Crippen LogP contribution in [0.4, 0.5) is 68.2 Å². The first-order valence-electron chi connectivity index (χ1n) is 39.5. The molecular formula is C107H83N9O4. The number of nitrogens with zero attached hydrogens (tertiary/aromatic N) is 9. The first-order chi connectivity index (χ1) is 58.7. The Labute approximate surface area is 699 Å². The van der Waals surface area contributed by atoms with Gasteiger partial charge in [0, 0.05) is 126 Å². The number of aromatic nitrogens is 5. The number of aryl methyl sites for hydroxylation is 2. The average molecular weight is 1560 g/mol. The van der Waals surface area contributed by atoms with Crippen LogP contribution in [0.2, 0.25) is 0 Å². The third-order valence-corrected chi connectivity index (χ3v) is 20.1. The van der Waals surface area contributed by atoms with Crippen molar-refractivity contribution in [2.24, 2.45) is 0 Å². The molecule has 14 aromatic carbocycles. The van der Waals surface area contributed by atoms with Crippen LogP contribution < -0.4 is 29.1 Å². The SMILES string of the molecule is C=C(C)C(=O)Oc1ccc(-c2cc(-c3ccccc3)cc(-c3nc(-c4cccc(-c5ccccn5)c4)nc(-c4cccc(-c5ccccn5)c4)n3)c2)cc1.C=C(C)C(=O)Oc1cccc(N(c2ccccc2)c2ccc(N(c3ccc(N(c4ccccc4)c4cccc(C)c4)cc3)c3ccc(N(c4ccccc4)c4cccc(C)c4)cc3)cc2)c1. The van der Waals surface area contributed by atoms with E-state index >= 15 is 0 Å². The van der Waals surface area contributed by atoms with Crippen LogP contribution in [-0.4, -0.2) is 36.9 Å². The van der Waals surface area contributed by atoms with Crippen LogP contribution in [0.5, 0.6) is 11.5 Å². The van der Waals surface area contributed by atoms with Crippen LogP contribution >= 0.6 is 0 Å². The average Bonchev–Trinajstić information content (AvgIpc) is 0.765. The van der Waals surface area contributed by atoms with Crippen LogP contribution in [0.25, 0.3) is 78.9 Å². The molecule has 0 saturated carbocycles. The Bertz CT molecular complexity index is 6230. The van der Waals surface area contributed by atoms with E-state index in [4.69, 9.17) is 24.4 Å². The lowest BCUT2D eigenvalue weighted by atomic mass is 9.95. The second-order valence-corrected chi connectivity index (χ2v) is 29.0. The number of carbonyl (C=O) groups is 2. The minimum Gasteiger partial charge on any atom is -0.423 e. The molecule has 0 unspecified atom stereocenters. The van der Waals surface area contributed by atoms with Gasteiger partial charge in [-0.15, -0.1) is 0 Å². The molecule has 0 atom stereocenters. The van der Waals surface area contributed by atoms with E-state index in [2.05, 4.69) is 281 Å². The molecule has 0 saturated heterocycles. The van der Waals surface area contributed by atoms with E-state index in [9.17, 15) is 9.59 Å². The zero-order valence-electron chi connectivity index (χ0n) is 66.8. The Morgan fingerprint density at radius 2 is 0.525 bits per heavy atom. The van der Waals surface area contributed by atoms with Gasteiger partial charge >= 0.3 is 11.9 Å². The highest BCUT2D eigenvalue weighted by Crippen LogP contribution is 2.45. The molecule has 0 amide bonds. The van der Waals surface area contributed by atoms with Gasteiger partial charge in [0.25, 0.3) is 0 Å². The minimum absolute atomic E-state index is 0.335. The van der Waals surface area contributed by atoms with Crippen molar-refractivity contribution in [3.63, 3.8) is 0 Å². The third kappa shape index (κ3) is 18.4. The molecule has 3 aromatic heterocycles. The number of ether oxygens (including phenoxy) is 2. The molecule has 13 nitrogen and oxygen atoms in total. The van der Waals surface area contributed by atoms with E-state index in [-0.39, 0.29) is 0 Å². The van der Waals surface area contributed by atoms with E-state index in [1.807, 2.05) is 152 Å². The van der Waals surface area contributed by atoms with Crippen LogP contribution in [-0.2, 0) is 9.59 Å². The summed E-state index contributed by atoms with van der Waals surface area (Å²) in [5.74, 6) is 1.55. The van der Waals surface area contributed by atoms with Gasteiger partial charge in [0.2, 0.25) is 0 Å². The number of hydrogen-bond acceptors (Lipinski definition) is 13. The summed E-state index contributed by atoms with van der Waals surface area (Å²) in [6.45, 7) is 15.0. The number of carbonyl (C=O) groups excluding carboxylic acids is 2. The van der Waals surface area contributed by atoms with Crippen molar-refractivity contribution in [1.29, 1.82) is 0 Å². The molecule has 13 heteroatoms. The highest BCUT2D eigenvalue weighted by molar-refractivity contribution is 5.91. The third-order valence-electron chi connectivity index (χ3n) is 20.1. The molecule has 580 valence electrons. The second-order valence-electron chi connectivity index (χ2n) is 29.0. The van der Waals surface area contributed by atoms with Crippen LogP contribution in [0.1, 0.15) is 25.0 Å². The monoisotopic (exact) mass is 1560 g/mol. The van der Waals surface area contributed by atoms with E-state index in [1.54, 1.807) is 44.4 Å². The maximum atomic E-state index is 12.5. The van der Waals surface area contributed by atoms with Gasteiger partial charge in [0.1, 0.15) is 11.5 Å². The molecule has 17 rings (SSSR count). The summed E-state index contributed by atoms with van der Waals surface area (Å²) in [6.07, 6.45) is 3.57. The number of rotatable bonds is 23. The fourth-order valence-corrected chi connectivity index (χ4v) is 14.3. The van der Waals surface area contributed by atoms with Crippen LogP contribution in [0.15, 0.2) is 431 Å². The zero-order chi connectivity index (χ0) is 82.3. The number of esters is 2. The Morgan fingerprint density at radius 1 is 0.242 bits per heavy atom. The van der Waals surface area contributed by atoms with Gasteiger partial charge in [-0.05, 0) is 273 Å². The van der Waals surface area contributed by atoms with Crippen molar-refractivity contribution in [1.82, 2.24) is 24.9 Å². The maximum absolute atomic E-state index is 12.5. The number of benzene rings is 14. The summed E-state index contributed by atoms with van der Waals surface area (Å²) in [6, 6.07) is 134. The number of para-hydroxylation sites is 3. The molecule has 0 aliphatic heterocycles. The van der Waals surface area contributed by atoms with Gasteiger partial charge in [0.15, 0.2) is 17.5 Å². The fourth-order valence-electron chi connectivity index (χ4n) is 14.3. The summed E-state index contributed by atoms with van der Waals surface area (Å²) < 4.78 is 11.1. The van der Waals surface area contributed by atoms with Crippen LogP contribution in [0, 0.1) is 13.8 Å². The zero-order valence-corrected chi connectivity index (χ0v) is 66.8.